The molecule has 2 aliphatic carbocycles. The van der Waals surface area contributed by atoms with Gasteiger partial charge in [-0.05, 0) is 25.7 Å². The monoisotopic (exact) mass is 170 g/mol. The molecular formula is C8H10O4. The maximum atomic E-state index is 10.8. The van der Waals surface area contributed by atoms with Crippen molar-refractivity contribution in [2.45, 2.75) is 25.7 Å². The molecule has 2 N–H and O–H groups in total. The van der Waals surface area contributed by atoms with Crippen LogP contribution in [-0.2, 0) is 9.59 Å². The summed E-state index contributed by atoms with van der Waals surface area (Å²) in [6.07, 6.45) is 2.15. The maximum absolute atomic E-state index is 10.8. The van der Waals surface area contributed by atoms with E-state index in [-0.39, 0.29) is 0 Å². The van der Waals surface area contributed by atoms with E-state index in [0.717, 1.165) is 0 Å². The van der Waals surface area contributed by atoms with E-state index in [0.29, 0.717) is 25.7 Å². The SMILES string of the molecule is O=C(O)C12CCC1(C(=O)O)CC2. The molecule has 12 heavy (non-hydrogen) atoms. The van der Waals surface area contributed by atoms with Crippen LogP contribution in [-0.4, -0.2) is 22.2 Å². The summed E-state index contributed by atoms with van der Waals surface area (Å²) in [4.78, 5) is 21.6. The molecule has 0 bridgehead atoms. The fourth-order valence-corrected chi connectivity index (χ4v) is 2.54. The summed E-state index contributed by atoms with van der Waals surface area (Å²) in [5.41, 5.74) is -1.81. The van der Waals surface area contributed by atoms with E-state index in [1.807, 2.05) is 0 Å². The highest BCUT2D eigenvalue weighted by Crippen LogP contribution is 2.70. The number of hydrogen-bond acceptors (Lipinski definition) is 2. The predicted octanol–water partition coefficient (Wildman–Crippen LogP) is 0.716. The van der Waals surface area contributed by atoms with Crippen molar-refractivity contribution in [2.75, 3.05) is 0 Å². The highest BCUT2D eigenvalue weighted by Gasteiger charge is 2.74. The van der Waals surface area contributed by atoms with Gasteiger partial charge in [-0.2, -0.15) is 0 Å². The number of fused-ring (bicyclic) bond motifs is 1. The average molecular weight is 170 g/mol. The molecule has 0 aromatic carbocycles. The Balaban J connectivity index is 2.32. The molecule has 0 heterocycles. The lowest BCUT2D eigenvalue weighted by molar-refractivity contribution is -0.221. The fraction of sp³-hybridized carbons (Fsp3) is 0.750. The minimum Gasteiger partial charge on any atom is -0.481 e. The highest BCUT2D eigenvalue weighted by atomic mass is 16.4. The number of hydrogen-bond donors (Lipinski definition) is 2. The lowest BCUT2D eigenvalue weighted by Gasteiger charge is -2.62. The smallest absolute Gasteiger partial charge is 0.310 e. The second-order valence-corrected chi connectivity index (χ2v) is 3.77. The van der Waals surface area contributed by atoms with Crippen molar-refractivity contribution in [1.82, 2.24) is 0 Å². The zero-order valence-electron chi connectivity index (χ0n) is 6.54. The summed E-state index contributed by atoms with van der Waals surface area (Å²) in [6.45, 7) is 0. The molecule has 0 aromatic heterocycles. The molecule has 0 aliphatic heterocycles. The molecule has 0 spiro atoms. The normalized spacial score (nSPS) is 43.7. The van der Waals surface area contributed by atoms with Crippen molar-refractivity contribution in [2.24, 2.45) is 10.8 Å². The lowest BCUT2D eigenvalue weighted by atomic mass is 9.38. The van der Waals surface area contributed by atoms with Gasteiger partial charge in [0.2, 0.25) is 0 Å². The van der Waals surface area contributed by atoms with Crippen LogP contribution in [0.1, 0.15) is 25.7 Å². The summed E-state index contributed by atoms with van der Waals surface area (Å²) in [6, 6.07) is 0. The summed E-state index contributed by atoms with van der Waals surface area (Å²) in [5.74, 6) is -1.86. The van der Waals surface area contributed by atoms with Crippen LogP contribution in [0.5, 0.6) is 0 Å². The standard InChI is InChI=1S/C8H10O4/c9-5(10)7-1-2-8(7,4-3-7)6(11)12/h1-4H2,(H,9,10)(H,11,12). The second-order valence-electron chi connectivity index (χ2n) is 3.77. The van der Waals surface area contributed by atoms with Crippen LogP contribution in [0.3, 0.4) is 0 Å². The van der Waals surface area contributed by atoms with Gasteiger partial charge in [-0.3, -0.25) is 9.59 Å². The largest absolute Gasteiger partial charge is 0.481 e. The van der Waals surface area contributed by atoms with Crippen molar-refractivity contribution < 1.29 is 19.8 Å². The molecule has 0 amide bonds. The molecule has 0 aromatic rings. The van der Waals surface area contributed by atoms with E-state index in [2.05, 4.69) is 0 Å². The summed E-state index contributed by atoms with van der Waals surface area (Å²) in [7, 11) is 0. The Bertz CT molecular complexity index is 232. The molecule has 0 saturated heterocycles. The van der Waals surface area contributed by atoms with Gasteiger partial charge in [0.25, 0.3) is 0 Å². The summed E-state index contributed by atoms with van der Waals surface area (Å²) >= 11 is 0. The van der Waals surface area contributed by atoms with Gasteiger partial charge < -0.3 is 10.2 Å². The molecule has 4 heteroatoms. The van der Waals surface area contributed by atoms with Crippen LogP contribution in [0.25, 0.3) is 0 Å². The molecule has 0 unspecified atom stereocenters. The van der Waals surface area contributed by atoms with Crippen LogP contribution in [0.4, 0.5) is 0 Å². The first-order valence-corrected chi connectivity index (χ1v) is 4.02. The molecule has 2 rings (SSSR count). The van der Waals surface area contributed by atoms with Crippen LogP contribution in [0.15, 0.2) is 0 Å². The van der Waals surface area contributed by atoms with Crippen LogP contribution >= 0.6 is 0 Å². The van der Waals surface area contributed by atoms with Crippen molar-refractivity contribution in [3.05, 3.63) is 0 Å². The van der Waals surface area contributed by atoms with Gasteiger partial charge >= 0.3 is 11.9 Å². The first-order valence-electron chi connectivity index (χ1n) is 4.02. The molecular weight excluding hydrogens is 160 g/mol. The molecule has 0 atom stereocenters. The fourth-order valence-electron chi connectivity index (χ4n) is 2.54. The van der Waals surface area contributed by atoms with Gasteiger partial charge in [0.15, 0.2) is 0 Å². The van der Waals surface area contributed by atoms with E-state index in [1.165, 1.54) is 0 Å². The first-order chi connectivity index (χ1) is 5.55. The Morgan fingerprint density at radius 3 is 1.17 bits per heavy atom. The Morgan fingerprint density at radius 2 is 1.08 bits per heavy atom. The van der Waals surface area contributed by atoms with Gasteiger partial charge in [0, 0.05) is 0 Å². The number of carboxylic acids is 2. The van der Waals surface area contributed by atoms with Gasteiger partial charge in [-0.15, -0.1) is 0 Å². The Morgan fingerprint density at radius 1 is 0.833 bits per heavy atom. The third kappa shape index (κ3) is 0.489. The van der Waals surface area contributed by atoms with Gasteiger partial charge in [-0.1, -0.05) is 0 Å². The Hall–Kier alpha value is -1.06. The van der Waals surface area contributed by atoms with Crippen molar-refractivity contribution in [3.63, 3.8) is 0 Å². The minimum absolute atomic E-state index is 0.536. The molecule has 2 fully saturated rings. The zero-order valence-corrected chi connectivity index (χ0v) is 6.54. The second kappa shape index (κ2) is 1.81. The number of carbonyl (C=O) groups is 2. The average Bonchev–Trinajstić information content (AvgIpc) is 1.94. The minimum atomic E-state index is -0.928. The van der Waals surface area contributed by atoms with E-state index in [1.54, 1.807) is 0 Å². The zero-order chi connectivity index (χ0) is 8.98. The predicted molar refractivity (Wildman–Crippen MR) is 38.6 cm³/mol. The summed E-state index contributed by atoms with van der Waals surface area (Å²) < 4.78 is 0. The molecule has 4 nitrogen and oxygen atoms in total. The van der Waals surface area contributed by atoms with E-state index >= 15 is 0 Å². The third-order valence-corrected chi connectivity index (χ3v) is 3.69. The highest BCUT2D eigenvalue weighted by molar-refractivity contribution is 5.91. The third-order valence-electron chi connectivity index (χ3n) is 3.69. The first kappa shape index (κ1) is 7.58. The molecule has 2 aliphatic rings. The van der Waals surface area contributed by atoms with E-state index in [4.69, 9.17) is 10.2 Å². The quantitative estimate of drug-likeness (QED) is 0.640. The van der Waals surface area contributed by atoms with Gasteiger partial charge in [0.1, 0.15) is 0 Å². The topological polar surface area (TPSA) is 74.6 Å². The van der Waals surface area contributed by atoms with Gasteiger partial charge in [-0.25, -0.2) is 0 Å². The van der Waals surface area contributed by atoms with Crippen LogP contribution in [0.2, 0.25) is 0 Å². The van der Waals surface area contributed by atoms with E-state index < -0.39 is 22.8 Å². The summed E-state index contributed by atoms with van der Waals surface area (Å²) in [5, 5.41) is 17.7. The van der Waals surface area contributed by atoms with Crippen LogP contribution in [0, 0.1) is 10.8 Å². The number of aliphatic carboxylic acids is 2. The lowest BCUT2D eigenvalue weighted by Crippen LogP contribution is -2.67. The van der Waals surface area contributed by atoms with Crippen LogP contribution < -0.4 is 0 Å². The van der Waals surface area contributed by atoms with Crippen molar-refractivity contribution in [3.8, 4) is 0 Å². The Kier molecular flexibility index (Phi) is 1.14. The Labute approximate surface area is 69.2 Å². The van der Waals surface area contributed by atoms with Gasteiger partial charge in [0.05, 0.1) is 10.8 Å². The van der Waals surface area contributed by atoms with Crippen molar-refractivity contribution >= 4 is 11.9 Å². The molecule has 66 valence electrons. The number of rotatable bonds is 2. The molecule has 2 saturated carbocycles. The molecule has 0 radical (unpaired) electrons. The van der Waals surface area contributed by atoms with E-state index in [9.17, 15) is 9.59 Å². The maximum Gasteiger partial charge on any atom is 0.310 e. The number of carboxylic acid groups (broad SMARTS) is 2. The van der Waals surface area contributed by atoms with Crippen molar-refractivity contribution in [1.29, 1.82) is 0 Å².